The smallest absolute Gasteiger partial charge is 0.135 e. The van der Waals surface area contributed by atoms with E-state index in [0.29, 0.717) is 19.1 Å². The second-order valence-electron chi connectivity index (χ2n) is 6.53. The fourth-order valence-electron chi connectivity index (χ4n) is 2.98. The lowest BCUT2D eigenvalue weighted by atomic mass is 10.0. The normalized spacial score (nSPS) is 11.4. The van der Waals surface area contributed by atoms with Crippen LogP contribution in [0.3, 0.4) is 0 Å². The van der Waals surface area contributed by atoms with Crippen molar-refractivity contribution in [2.45, 2.75) is 39.3 Å². The molecular formula is C21H26N2O2. The Morgan fingerprint density at radius 3 is 2.52 bits per heavy atom. The lowest BCUT2D eigenvalue weighted by Crippen LogP contribution is -2.08. The molecular weight excluding hydrogens is 312 g/mol. The second-order valence-corrected chi connectivity index (χ2v) is 6.53. The van der Waals surface area contributed by atoms with Crippen LogP contribution < -0.4 is 4.74 Å². The number of benzene rings is 2. The molecule has 0 aliphatic carbocycles. The number of imidazole rings is 1. The molecule has 0 radical (unpaired) electrons. The van der Waals surface area contributed by atoms with Gasteiger partial charge in [-0.25, -0.2) is 4.98 Å². The van der Waals surface area contributed by atoms with E-state index in [4.69, 9.17) is 9.47 Å². The van der Waals surface area contributed by atoms with Gasteiger partial charge in [-0.15, -0.1) is 0 Å². The van der Waals surface area contributed by atoms with Gasteiger partial charge in [-0.3, -0.25) is 0 Å². The van der Waals surface area contributed by atoms with Gasteiger partial charge in [0.1, 0.15) is 18.2 Å². The molecule has 0 saturated carbocycles. The predicted octanol–water partition coefficient (Wildman–Crippen LogP) is 4.78. The van der Waals surface area contributed by atoms with Crippen LogP contribution in [0, 0.1) is 0 Å². The van der Waals surface area contributed by atoms with Crippen molar-refractivity contribution in [1.29, 1.82) is 0 Å². The van der Waals surface area contributed by atoms with E-state index in [2.05, 4.69) is 53.7 Å². The summed E-state index contributed by atoms with van der Waals surface area (Å²) in [7, 11) is 1.70. The van der Waals surface area contributed by atoms with Crippen LogP contribution >= 0.6 is 0 Å². The quantitative estimate of drug-likeness (QED) is 0.555. The summed E-state index contributed by atoms with van der Waals surface area (Å²) < 4.78 is 13.4. The molecule has 3 aromatic rings. The molecule has 0 atom stereocenters. The van der Waals surface area contributed by atoms with Gasteiger partial charge in [0.15, 0.2) is 0 Å². The maximum atomic E-state index is 5.89. The van der Waals surface area contributed by atoms with Crippen molar-refractivity contribution in [3.05, 3.63) is 59.9 Å². The van der Waals surface area contributed by atoms with Crippen molar-refractivity contribution in [1.82, 2.24) is 9.55 Å². The average Bonchev–Trinajstić information content (AvgIpc) is 2.97. The van der Waals surface area contributed by atoms with Crippen LogP contribution in [0.25, 0.3) is 11.0 Å². The van der Waals surface area contributed by atoms with Gasteiger partial charge in [-0.1, -0.05) is 38.1 Å². The summed E-state index contributed by atoms with van der Waals surface area (Å²) in [5, 5.41) is 0. The first-order valence-corrected chi connectivity index (χ1v) is 8.85. The Kier molecular flexibility index (Phi) is 5.71. The fourth-order valence-corrected chi connectivity index (χ4v) is 2.98. The Morgan fingerprint density at radius 1 is 1.04 bits per heavy atom. The van der Waals surface area contributed by atoms with Gasteiger partial charge in [0, 0.05) is 13.7 Å². The standard InChI is InChI=1S/C21H26N2O2/c1-16(2)17-9-11-18(12-10-17)25-14-6-13-23-20-8-5-4-7-19(20)22-21(23)15-24-3/h4-5,7-12,16H,6,13-15H2,1-3H3. The molecule has 4 nitrogen and oxygen atoms in total. The van der Waals surface area contributed by atoms with Crippen LogP contribution in [-0.2, 0) is 17.9 Å². The number of para-hydroxylation sites is 2. The molecule has 0 aliphatic heterocycles. The summed E-state index contributed by atoms with van der Waals surface area (Å²) in [4.78, 5) is 4.66. The first-order chi connectivity index (χ1) is 12.2. The zero-order valence-corrected chi connectivity index (χ0v) is 15.2. The van der Waals surface area contributed by atoms with Gasteiger partial charge in [-0.2, -0.15) is 0 Å². The van der Waals surface area contributed by atoms with E-state index >= 15 is 0 Å². The first-order valence-electron chi connectivity index (χ1n) is 8.85. The molecule has 0 fully saturated rings. The second kappa shape index (κ2) is 8.17. The molecule has 0 aliphatic rings. The van der Waals surface area contributed by atoms with E-state index in [1.54, 1.807) is 7.11 Å². The lowest BCUT2D eigenvalue weighted by Gasteiger charge is -2.11. The summed E-state index contributed by atoms with van der Waals surface area (Å²) in [5.74, 6) is 2.43. The minimum atomic E-state index is 0.520. The van der Waals surface area contributed by atoms with E-state index in [1.807, 2.05) is 18.2 Å². The van der Waals surface area contributed by atoms with E-state index in [0.717, 1.165) is 35.6 Å². The molecule has 25 heavy (non-hydrogen) atoms. The lowest BCUT2D eigenvalue weighted by molar-refractivity contribution is 0.174. The minimum absolute atomic E-state index is 0.520. The van der Waals surface area contributed by atoms with E-state index < -0.39 is 0 Å². The van der Waals surface area contributed by atoms with Crippen LogP contribution in [0.5, 0.6) is 5.75 Å². The summed E-state index contributed by atoms with van der Waals surface area (Å²) in [5.41, 5.74) is 3.50. The molecule has 0 N–H and O–H groups in total. The molecule has 0 unspecified atom stereocenters. The van der Waals surface area contributed by atoms with Crippen LogP contribution in [0.2, 0.25) is 0 Å². The monoisotopic (exact) mass is 338 g/mol. The maximum absolute atomic E-state index is 5.89. The van der Waals surface area contributed by atoms with Gasteiger partial charge in [0.25, 0.3) is 0 Å². The molecule has 1 aromatic heterocycles. The van der Waals surface area contributed by atoms with Crippen LogP contribution in [0.4, 0.5) is 0 Å². The van der Waals surface area contributed by atoms with Crippen molar-refractivity contribution >= 4 is 11.0 Å². The van der Waals surface area contributed by atoms with Crippen molar-refractivity contribution in [2.75, 3.05) is 13.7 Å². The maximum Gasteiger partial charge on any atom is 0.135 e. The molecule has 0 bridgehead atoms. The minimum Gasteiger partial charge on any atom is -0.494 e. The van der Waals surface area contributed by atoms with E-state index in [9.17, 15) is 0 Å². The van der Waals surface area contributed by atoms with Crippen LogP contribution in [0.15, 0.2) is 48.5 Å². The molecule has 132 valence electrons. The number of aryl methyl sites for hydroxylation is 1. The van der Waals surface area contributed by atoms with Crippen molar-refractivity contribution in [2.24, 2.45) is 0 Å². The predicted molar refractivity (Wildman–Crippen MR) is 101 cm³/mol. The largest absolute Gasteiger partial charge is 0.494 e. The van der Waals surface area contributed by atoms with Crippen LogP contribution in [0.1, 0.15) is 37.6 Å². The van der Waals surface area contributed by atoms with E-state index in [1.165, 1.54) is 5.56 Å². The SMILES string of the molecule is COCc1nc2ccccc2n1CCCOc1ccc(C(C)C)cc1. The van der Waals surface area contributed by atoms with Gasteiger partial charge in [-0.05, 0) is 42.2 Å². The Morgan fingerprint density at radius 2 is 1.80 bits per heavy atom. The highest BCUT2D eigenvalue weighted by molar-refractivity contribution is 5.75. The number of rotatable bonds is 8. The highest BCUT2D eigenvalue weighted by atomic mass is 16.5. The van der Waals surface area contributed by atoms with Gasteiger partial charge in [0.05, 0.1) is 17.6 Å². The molecule has 2 aromatic carbocycles. The topological polar surface area (TPSA) is 36.3 Å². The third-order valence-electron chi connectivity index (χ3n) is 4.35. The summed E-state index contributed by atoms with van der Waals surface area (Å²) >= 11 is 0. The number of ether oxygens (including phenoxy) is 2. The highest BCUT2D eigenvalue weighted by Gasteiger charge is 2.09. The number of fused-ring (bicyclic) bond motifs is 1. The number of methoxy groups -OCH3 is 1. The van der Waals surface area contributed by atoms with E-state index in [-0.39, 0.29) is 0 Å². The van der Waals surface area contributed by atoms with Gasteiger partial charge in [0.2, 0.25) is 0 Å². The van der Waals surface area contributed by atoms with Crippen molar-refractivity contribution < 1.29 is 9.47 Å². The summed E-state index contributed by atoms with van der Waals surface area (Å²) in [6, 6.07) is 16.6. The van der Waals surface area contributed by atoms with Crippen LogP contribution in [-0.4, -0.2) is 23.3 Å². The Balaban J connectivity index is 1.60. The Labute approximate surface area is 149 Å². The zero-order chi connectivity index (χ0) is 17.6. The first kappa shape index (κ1) is 17.5. The molecule has 4 heteroatoms. The number of nitrogens with zero attached hydrogens (tertiary/aromatic N) is 2. The summed E-state index contributed by atoms with van der Waals surface area (Å²) in [6.07, 6.45) is 0.920. The number of hydrogen-bond acceptors (Lipinski definition) is 3. The average molecular weight is 338 g/mol. The summed E-state index contributed by atoms with van der Waals surface area (Å²) in [6.45, 7) is 6.46. The number of hydrogen-bond donors (Lipinski definition) is 0. The van der Waals surface area contributed by atoms with Gasteiger partial charge < -0.3 is 14.0 Å². The van der Waals surface area contributed by atoms with Crippen molar-refractivity contribution in [3.8, 4) is 5.75 Å². The Bertz CT molecular complexity index is 806. The highest BCUT2D eigenvalue weighted by Crippen LogP contribution is 2.20. The fraction of sp³-hybridized carbons (Fsp3) is 0.381. The molecule has 0 saturated heterocycles. The number of aromatic nitrogens is 2. The third kappa shape index (κ3) is 4.20. The molecule has 3 rings (SSSR count). The van der Waals surface area contributed by atoms with Gasteiger partial charge >= 0.3 is 0 Å². The third-order valence-corrected chi connectivity index (χ3v) is 4.35. The van der Waals surface area contributed by atoms with Crippen molar-refractivity contribution in [3.63, 3.8) is 0 Å². The Hall–Kier alpha value is -2.33. The molecule has 0 amide bonds. The molecule has 1 heterocycles. The molecule has 0 spiro atoms. The zero-order valence-electron chi connectivity index (χ0n) is 15.2.